The molecular weight excluding hydrogens is 226 g/mol. The molecule has 1 saturated carbocycles. The van der Waals surface area contributed by atoms with Crippen LogP contribution in [0.25, 0.3) is 11.3 Å². The second-order valence-corrected chi connectivity index (χ2v) is 4.92. The van der Waals surface area contributed by atoms with Crippen LogP contribution in [0.3, 0.4) is 0 Å². The topological polar surface area (TPSA) is 64.9 Å². The van der Waals surface area contributed by atoms with Crippen molar-refractivity contribution in [2.75, 3.05) is 0 Å². The molecule has 2 heterocycles. The summed E-state index contributed by atoms with van der Waals surface area (Å²) < 4.78 is 5.85. The van der Waals surface area contributed by atoms with Crippen molar-refractivity contribution < 1.29 is 4.42 Å². The Hall–Kier alpha value is -1.68. The van der Waals surface area contributed by atoms with Gasteiger partial charge in [0.25, 0.3) is 0 Å². The fourth-order valence-electron chi connectivity index (χ4n) is 2.48. The minimum absolute atomic E-state index is 0.356. The monoisotopic (exact) mass is 243 g/mol. The molecule has 1 aliphatic rings. The zero-order chi connectivity index (χ0) is 12.4. The van der Waals surface area contributed by atoms with Crippen molar-refractivity contribution in [3.8, 4) is 11.3 Å². The first-order chi connectivity index (χ1) is 8.83. The number of aromatic nitrogens is 2. The molecule has 2 aromatic heterocycles. The van der Waals surface area contributed by atoms with Crippen LogP contribution >= 0.6 is 0 Å². The summed E-state index contributed by atoms with van der Waals surface area (Å²) in [5, 5.41) is 0. The van der Waals surface area contributed by atoms with Crippen molar-refractivity contribution in [3.63, 3.8) is 0 Å². The van der Waals surface area contributed by atoms with E-state index in [0.717, 1.165) is 42.9 Å². The van der Waals surface area contributed by atoms with E-state index in [1.807, 2.05) is 12.1 Å². The van der Waals surface area contributed by atoms with Crippen LogP contribution in [0.1, 0.15) is 37.5 Å². The third-order valence-corrected chi connectivity index (χ3v) is 3.59. The lowest BCUT2D eigenvalue weighted by atomic mass is 9.86. The fraction of sp³-hybridized carbons (Fsp3) is 0.429. The van der Waals surface area contributed by atoms with Gasteiger partial charge in [-0.2, -0.15) is 0 Å². The minimum Gasteiger partial charge on any atom is -0.440 e. The molecule has 94 valence electrons. The molecule has 0 atom stereocenters. The molecular formula is C14H17N3O. The van der Waals surface area contributed by atoms with Gasteiger partial charge in [0, 0.05) is 29.9 Å². The van der Waals surface area contributed by atoms with Crippen molar-refractivity contribution in [2.45, 2.75) is 37.6 Å². The maximum atomic E-state index is 5.91. The molecule has 2 aromatic rings. The van der Waals surface area contributed by atoms with Gasteiger partial charge in [-0.3, -0.25) is 4.98 Å². The SMILES string of the molecule is NC1CCC(c2ncc(-c3cccnc3)o2)CC1. The highest BCUT2D eigenvalue weighted by atomic mass is 16.4. The van der Waals surface area contributed by atoms with Gasteiger partial charge < -0.3 is 10.2 Å². The van der Waals surface area contributed by atoms with E-state index in [4.69, 9.17) is 10.2 Å². The van der Waals surface area contributed by atoms with Crippen LogP contribution in [0.2, 0.25) is 0 Å². The number of hydrogen-bond donors (Lipinski definition) is 1. The second-order valence-electron chi connectivity index (χ2n) is 4.92. The molecule has 4 nitrogen and oxygen atoms in total. The fourth-order valence-corrected chi connectivity index (χ4v) is 2.48. The van der Waals surface area contributed by atoms with Crippen molar-refractivity contribution in [2.24, 2.45) is 5.73 Å². The average molecular weight is 243 g/mol. The normalized spacial score (nSPS) is 24.1. The summed E-state index contributed by atoms with van der Waals surface area (Å²) in [5.74, 6) is 2.07. The average Bonchev–Trinajstić information content (AvgIpc) is 2.90. The van der Waals surface area contributed by atoms with E-state index >= 15 is 0 Å². The maximum absolute atomic E-state index is 5.91. The zero-order valence-electron chi connectivity index (χ0n) is 10.2. The third kappa shape index (κ3) is 2.29. The number of rotatable bonds is 2. The predicted octanol–water partition coefficient (Wildman–Crippen LogP) is 2.72. The lowest BCUT2D eigenvalue weighted by molar-refractivity contribution is 0.341. The first-order valence-electron chi connectivity index (χ1n) is 6.44. The van der Waals surface area contributed by atoms with E-state index in [9.17, 15) is 0 Å². The highest BCUT2D eigenvalue weighted by molar-refractivity contribution is 5.54. The zero-order valence-corrected chi connectivity index (χ0v) is 10.2. The summed E-state index contributed by atoms with van der Waals surface area (Å²) in [7, 11) is 0. The Morgan fingerprint density at radius 1 is 1.17 bits per heavy atom. The van der Waals surface area contributed by atoms with Crippen LogP contribution in [0.4, 0.5) is 0 Å². The first-order valence-corrected chi connectivity index (χ1v) is 6.44. The Kier molecular flexibility index (Phi) is 3.11. The summed E-state index contributed by atoms with van der Waals surface area (Å²) in [5.41, 5.74) is 6.89. The summed E-state index contributed by atoms with van der Waals surface area (Å²) in [4.78, 5) is 8.49. The minimum atomic E-state index is 0.356. The van der Waals surface area contributed by atoms with Crippen LogP contribution in [0.5, 0.6) is 0 Å². The molecule has 0 bridgehead atoms. The number of pyridine rings is 1. The molecule has 0 unspecified atom stereocenters. The quantitative estimate of drug-likeness (QED) is 0.880. The second kappa shape index (κ2) is 4.90. The van der Waals surface area contributed by atoms with Gasteiger partial charge in [-0.15, -0.1) is 0 Å². The van der Waals surface area contributed by atoms with Gasteiger partial charge in [-0.05, 0) is 37.8 Å². The molecule has 0 spiro atoms. The molecule has 4 heteroatoms. The number of nitrogens with zero attached hydrogens (tertiary/aromatic N) is 2. The Labute approximate surface area is 106 Å². The maximum Gasteiger partial charge on any atom is 0.198 e. The Bertz CT molecular complexity index is 501. The summed E-state index contributed by atoms with van der Waals surface area (Å²) in [6.07, 6.45) is 9.62. The summed E-state index contributed by atoms with van der Waals surface area (Å²) >= 11 is 0. The molecule has 0 saturated heterocycles. The lowest BCUT2D eigenvalue weighted by Crippen LogP contribution is -2.25. The highest BCUT2D eigenvalue weighted by Gasteiger charge is 2.23. The van der Waals surface area contributed by atoms with Crippen molar-refractivity contribution >= 4 is 0 Å². The molecule has 2 N–H and O–H groups in total. The Balaban J connectivity index is 1.78. The van der Waals surface area contributed by atoms with Gasteiger partial charge in [0.2, 0.25) is 0 Å². The van der Waals surface area contributed by atoms with Gasteiger partial charge >= 0.3 is 0 Å². The van der Waals surface area contributed by atoms with E-state index in [-0.39, 0.29) is 0 Å². The van der Waals surface area contributed by atoms with Crippen molar-refractivity contribution in [3.05, 3.63) is 36.6 Å². The van der Waals surface area contributed by atoms with Gasteiger partial charge in [0.05, 0.1) is 6.20 Å². The van der Waals surface area contributed by atoms with Crippen LogP contribution in [-0.4, -0.2) is 16.0 Å². The first kappa shape index (κ1) is 11.4. The highest BCUT2D eigenvalue weighted by Crippen LogP contribution is 2.33. The standard InChI is InChI=1S/C14H17N3O/c15-12-5-3-10(4-6-12)14-17-9-13(18-14)11-2-1-7-16-8-11/h1-2,7-10,12H,3-6,15H2. The van der Waals surface area contributed by atoms with E-state index in [1.165, 1.54) is 0 Å². The molecule has 0 aromatic carbocycles. The largest absolute Gasteiger partial charge is 0.440 e. The Morgan fingerprint density at radius 2 is 2.00 bits per heavy atom. The third-order valence-electron chi connectivity index (χ3n) is 3.59. The molecule has 1 fully saturated rings. The van der Waals surface area contributed by atoms with E-state index in [1.54, 1.807) is 18.6 Å². The van der Waals surface area contributed by atoms with Crippen LogP contribution < -0.4 is 5.73 Å². The predicted molar refractivity (Wildman–Crippen MR) is 68.9 cm³/mol. The van der Waals surface area contributed by atoms with Crippen LogP contribution in [-0.2, 0) is 0 Å². The van der Waals surface area contributed by atoms with Crippen molar-refractivity contribution in [1.29, 1.82) is 0 Å². The van der Waals surface area contributed by atoms with Gasteiger partial charge in [0.15, 0.2) is 11.7 Å². The van der Waals surface area contributed by atoms with Gasteiger partial charge in [-0.1, -0.05) is 0 Å². The molecule has 3 rings (SSSR count). The van der Waals surface area contributed by atoms with E-state index in [2.05, 4.69) is 9.97 Å². The number of hydrogen-bond acceptors (Lipinski definition) is 4. The lowest BCUT2D eigenvalue weighted by Gasteiger charge is -2.23. The molecule has 0 radical (unpaired) electrons. The van der Waals surface area contributed by atoms with Crippen LogP contribution in [0.15, 0.2) is 35.1 Å². The number of nitrogens with two attached hydrogens (primary N) is 1. The smallest absolute Gasteiger partial charge is 0.198 e. The van der Waals surface area contributed by atoms with E-state index < -0.39 is 0 Å². The molecule has 18 heavy (non-hydrogen) atoms. The summed E-state index contributed by atoms with van der Waals surface area (Å²) in [6, 6.07) is 4.24. The van der Waals surface area contributed by atoms with Crippen molar-refractivity contribution in [1.82, 2.24) is 9.97 Å². The summed E-state index contributed by atoms with van der Waals surface area (Å²) in [6.45, 7) is 0. The Morgan fingerprint density at radius 3 is 2.72 bits per heavy atom. The van der Waals surface area contributed by atoms with E-state index in [0.29, 0.717) is 12.0 Å². The molecule has 1 aliphatic carbocycles. The van der Waals surface area contributed by atoms with Crippen LogP contribution in [0, 0.1) is 0 Å². The molecule has 0 amide bonds. The number of oxazole rings is 1. The van der Waals surface area contributed by atoms with Gasteiger partial charge in [0.1, 0.15) is 0 Å². The van der Waals surface area contributed by atoms with Gasteiger partial charge in [-0.25, -0.2) is 4.98 Å². The molecule has 0 aliphatic heterocycles.